The van der Waals surface area contributed by atoms with Gasteiger partial charge in [-0.3, -0.25) is 9.69 Å². The first-order valence-corrected chi connectivity index (χ1v) is 12.5. The molecule has 0 N–H and O–H groups in total. The first-order valence-electron chi connectivity index (χ1n) is 12.5. The number of fused-ring (bicyclic) bond motifs is 2. The van der Waals surface area contributed by atoms with E-state index < -0.39 is 6.04 Å². The fourth-order valence-corrected chi connectivity index (χ4v) is 4.92. The van der Waals surface area contributed by atoms with Gasteiger partial charge in [0.2, 0.25) is 5.91 Å². The quantitative estimate of drug-likeness (QED) is 0.371. The fourth-order valence-electron chi connectivity index (χ4n) is 4.92. The number of hydrogen-bond donors (Lipinski definition) is 0. The monoisotopic (exact) mass is 488 g/mol. The Hall–Kier alpha value is -3.72. The summed E-state index contributed by atoms with van der Waals surface area (Å²) >= 11 is 0. The molecule has 3 atom stereocenters. The van der Waals surface area contributed by atoms with Crippen LogP contribution in [0.2, 0.25) is 0 Å². The van der Waals surface area contributed by atoms with Gasteiger partial charge in [-0.15, -0.1) is 0 Å². The van der Waals surface area contributed by atoms with E-state index in [1.54, 1.807) is 12.7 Å². The Morgan fingerprint density at radius 1 is 0.806 bits per heavy atom. The fraction of sp³-hybridized carbons (Fsp3) is 0.407. The SMILES string of the molecule is C[C@H](CN1CCN(C(=O)[C@@H](C)n2cnc3ccccc32)CC1)OC(=O)[C@@H](C)n1cnc2ccccc21. The van der Waals surface area contributed by atoms with Crippen LogP contribution in [-0.2, 0) is 14.3 Å². The van der Waals surface area contributed by atoms with E-state index in [1.165, 1.54) is 0 Å². The summed E-state index contributed by atoms with van der Waals surface area (Å²) in [5.74, 6) is -0.181. The largest absolute Gasteiger partial charge is 0.460 e. The molecule has 1 aliphatic heterocycles. The zero-order chi connectivity index (χ0) is 25.2. The van der Waals surface area contributed by atoms with Crippen molar-refractivity contribution >= 4 is 33.9 Å². The summed E-state index contributed by atoms with van der Waals surface area (Å²) < 4.78 is 9.56. The lowest BCUT2D eigenvalue weighted by molar-refractivity contribution is -0.152. The lowest BCUT2D eigenvalue weighted by Crippen LogP contribution is -2.51. The molecular formula is C27H32N6O3. The number of benzene rings is 2. The van der Waals surface area contributed by atoms with E-state index in [9.17, 15) is 9.59 Å². The third-order valence-electron chi connectivity index (χ3n) is 7.01. The van der Waals surface area contributed by atoms with Gasteiger partial charge in [0.25, 0.3) is 0 Å². The van der Waals surface area contributed by atoms with Gasteiger partial charge in [0, 0.05) is 32.7 Å². The van der Waals surface area contributed by atoms with Gasteiger partial charge < -0.3 is 18.8 Å². The highest BCUT2D eigenvalue weighted by molar-refractivity contribution is 5.84. The van der Waals surface area contributed by atoms with Crippen LogP contribution < -0.4 is 0 Å². The van der Waals surface area contributed by atoms with Gasteiger partial charge in [-0.1, -0.05) is 24.3 Å². The van der Waals surface area contributed by atoms with E-state index >= 15 is 0 Å². The summed E-state index contributed by atoms with van der Waals surface area (Å²) in [5, 5.41) is 0. The topological polar surface area (TPSA) is 85.5 Å². The molecule has 0 unspecified atom stereocenters. The molecule has 3 heterocycles. The summed E-state index contributed by atoms with van der Waals surface area (Å²) in [4.78, 5) is 38.9. The highest BCUT2D eigenvalue weighted by Gasteiger charge is 2.28. The van der Waals surface area contributed by atoms with Crippen molar-refractivity contribution in [3.05, 3.63) is 61.2 Å². The average Bonchev–Trinajstić information content (AvgIpc) is 3.52. The molecule has 0 bridgehead atoms. The normalized spacial score (nSPS) is 17.2. The first kappa shape index (κ1) is 24.0. The maximum absolute atomic E-state index is 13.2. The maximum Gasteiger partial charge on any atom is 0.329 e. The summed E-state index contributed by atoms with van der Waals surface area (Å²) in [6.07, 6.45) is 3.17. The molecule has 188 valence electrons. The van der Waals surface area contributed by atoms with Crippen molar-refractivity contribution in [2.45, 2.75) is 39.0 Å². The third kappa shape index (κ3) is 4.70. The van der Waals surface area contributed by atoms with Crippen LogP contribution in [0, 0.1) is 0 Å². The number of carbonyl (C=O) groups excluding carboxylic acids is 2. The van der Waals surface area contributed by atoms with Gasteiger partial charge in [0.05, 0.1) is 34.7 Å². The number of amides is 1. The molecule has 9 nitrogen and oxygen atoms in total. The Kier molecular flexibility index (Phi) is 6.73. The van der Waals surface area contributed by atoms with Gasteiger partial charge in [0.15, 0.2) is 0 Å². The molecule has 4 aromatic rings. The van der Waals surface area contributed by atoms with Gasteiger partial charge in [-0.25, -0.2) is 14.8 Å². The number of imidazole rings is 2. The molecule has 36 heavy (non-hydrogen) atoms. The number of nitrogens with zero attached hydrogens (tertiary/aromatic N) is 6. The molecule has 0 spiro atoms. The lowest BCUT2D eigenvalue weighted by Gasteiger charge is -2.37. The molecule has 9 heteroatoms. The van der Waals surface area contributed by atoms with Crippen molar-refractivity contribution < 1.29 is 14.3 Å². The summed E-state index contributed by atoms with van der Waals surface area (Å²) in [5.41, 5.74) is 3.62. The highest BCUT2D eigenvalue weighted by atomic mass is 16.5. The van der Waals surface area contributed by atoms with Crippen molar-refractivity contribution in [3.8, 4) is 0 Å². The van der Waals surface area contributed by atoms with Crippen LogP contribution in [0.1, 0.15) is 32.9 Å². The van der Waals surface area contributed by atoms with Crippen LogP contribution in [0.25, 0.3) is 22.1 Å². The second kappa shape index (κ2) is 10.1. The number of carbonyl (C=O) groups is 2. The molecule has 2 aromatic heterocycles. The average molecular weight is 489 g/mol. The van der Waals surface area contributed by atoms with E-state index in [4.69, 9.17) is 4.74 Å². The highest BCUT2D eigenvalue weighted by Crippen LogP contribution is 2.21. The molecular weight excluding hydrogens is 456 g/mol. The smallest absolute Gasteiger partial charge is 0.329 e. The molecule has 0 saturated carbocycles. The van der Waals surface area contributed by atoms with E-state index in [0.29, 0.717) is 19.6 Å². The zero-order valence-corrected chi connectivity index (χ0v) is 20.9. The Balaban J connectivity index is 1.12. The molecule has 0 aliphatic carbocycles. The minimum absolute atomic E-state index is 0.0960. The molecule has 1 amide bonds. The third-order valence-corrected chi connectivity index (χ3v) is 7.01. The number of para-hydroxylation sites is 4. The lowest BCUT2D eigenvalue weighted by atomic mass is 10.2. The molecule has 1 saturated heterocycles. The number of hydrogen-bond acceptors (Lipinski definition) is 6. The Morgan fingerprint density at radius 2 is 1.33 bits per heavy atom. The molecule has 1 aliphatic rings. The van der Waals surface area contributed by atoms with Gasteiger partial charge in [-0.05, 0) is 45.0 Å². The molecule has 0 radical (unpaired) electrons. The van der Waals surface area contributed by atoms with Crippen molar-refractivity contribution in [2.75, 3.05) is 32.7 Å². The zero-order valence-electron chi connectivity index (χ0n) is 20.9. The minimum Gasteiger partial charge on any atom is -0.460 e. The summed E-state index contributed by atoms with van der Waals surface area (Å²) in [7, 11) is 0. The van der Waals surface area contributed by atoms with E-state index in [-0.39, 0.29) is 24.0 Å². The number of piperazine rings is 1. The number of rotatable bonds is 7. The first-order chi connectivity index (χ1) is 17.4. The van der Waals surface area contributed by atoms with E-state index in [0.717, 1.165) is 35.2 Å². The van der Waals surface area contributed by atoms with Crippen molar-refractivity contribution in [1.82, 2.24) is 28.9 Å². The van der Waals surface area contributed by atoms with Crippen LogP contribution in [0.4, 0.5) is 0 Å². The number of aromatic nitrogens is 4. The van der Waals surface area contributed by atoms with Crippen LogP contribution in [0.3, 0.4) is 0 Å². The second-order valence-corrected chi connectivity index (χ2v) is 9.51. The van der Waals surface area contributed by atoms with Crippen molar-refractivity contribution in [2.24, 2.45) is 0 Å². The van der Waals surface area contributed by atoms with E-state index in [1.807, 2.05) is 83.3 Å². The van der Waals surface area contributed by atoms with Gasteiger partial charge >= 0.3 is 5.97 Å². The summed E-state index contributed by atoms with van der Waals surface area (Å²) in [6.45, 7) is 9.09. The van der Waals surface area contributed by atoms with Crippen LogP contribution in [0.15, 0.2) is 61.2 Å². The van der Waals surface area contributed by atoms with E-state index in [2.05, 4.69) is 14.9 Å². The van der Waals surface area contributed by atoms with Crippen molar-refractivity contribution in [3.63, 3.8) is 0 Å². The molecule has 2 aromatic carbocycles. The summed E-state index contributed by atoms with van der Waals surface area (Å²) in [6, 6.07) is 14.8. The Labute approximate surface area is 210 Å². The molecule has 5 rings (SSSR count). The standard InChI is InChI=1S/C27H32N6O3/c1-19(36-27(35)21(3)33-18-29-23-9-5-7-11-25(23)33)16-30-12-14-31(15-13-30)26(34)20(2)32-17-28-22-8-4-6-10-24(22)32/h4-11,17-21H,12-16H2,1-3H3/t19-,20-,21-/m1/s1. The Bertz CT molecular complexity index is 1370. The van der Waals surface area contributed by atoms with Gasteiger partial charge in [-0.2, -0.15) is 0 Å². The number of esters is 1. The van der Waals surface area contributed by atoms with Crippen LogP contribution in [0.5, 0.6) is 0 Å². The van der Waals surface area contributed by atoms with Crippen LogP contribution >= 0.6 is 0 Å². The second-order valence-electron chi connectivity index (χ2n) is 9.51. The minimum atomic E-state index is -0.463. The predicted molar refractivity (Wildman–Crippen MR) is 137 cm³/mol. The molecule has 1 fully saturated rings. The van der Waals surface area contributed by atoms with Crippen LogP contribution in [-0.4, -0.2) is 79.6 Å². The predicted octanol–water partition coefficient (Wildman–Crippen LogP) is 3.28. The Morgan fingerprint density at radius 3 is 1.92 bits per heavy atom. The van der Waals surface area contributed by atoms with Crippen molar-refractivity contribution in [1.29, 1.82) is 0 Å². The van der Waals surface area contributed by atoms with Gasteiger partial charge in [0.1, 0.15) is 18.2 Å². The number of ether oxygens (including phenoxy) is 1. The maximum atomic E-state index is 13.2.